The highest BCUT2D eigenvalue weighted by Gasteiger charge is 2.55. The van der Waals surface area contributed by atoms with Crippen molar-refractivity contribution < 1.29 is 22.6 Å². The molecular formula is C26H41FN5O5PS2Si. The van der Waals surface area contributed by atoms with Crippen LogP contribution in [0.25, 0.3) is 11.2 Å². The van der Waals surface area contributed by atoms with Crippen molar-refractivity contribution in [3.63, 3.8) is 0 Å². The maximum absolute atomic E-state index is 16.4. The maximum atomic E-state index is 16.4. The van der Waals surface area contributed by atoms with Crippen molar-refractivity contribution in [2.24, 2.45) is 5.92 Å². The molecule has 41 heavy (non-hydrogen) atoms. The number of nitrogen functional groups attached to an aromatic ring is 1. The number of aromatic nitrogens is 4. The van der Waals surface area contributed by atoms with Gasteiger partial charge in [-0.3, -0.25) is 14.3 Å². The minimum absolute atomic E-state index is 0.00990. The van der Waals surface area contributed by atoms with Crippen LogP contribution in [0.1, 0.15) is 60.1 Å². The van der Waals surface area contributed by atoms with E-state index in [1.165, 1.54) is 10.9 Å². The van der Waals surface area contributed by atoms with Crippen LogP contribution in [-0.4, -0.2) is 63.7 Å². The molecule has 5 rings (SSSR count). The van der Waals surface area contributed by atoms with E-state index in [0.29, 0.717) is 5.92 Å². The molecule has 3 aliphatic rings. The Morgan fingerprint density at radius 3 is 2.83 bits per heavy atom. The Bertz CT molecular complexity index is 1450. The molecule has 10 nitrogen and oxygen atoms in total. The lowest BCUT2D eigenvalue weighted by atomic mass is 9.77. The van der Waals surface area contributed by atoms with E-state index in [0.717, 1.165) is 24.8 Å². The standard InChI is InChI=1S/C26H41FN5O5PS2Si/c1-14(2)15-9-10-26(6)17(11-15)36-38(39,40-26)34-12-16-20(37-41(7,8)25(3,4)5)18(27)23(35-16)32-13-29-19-21(32)30-24(28)31-22(19)33/h13,15-18,20,23H,1,9-12H2,2-8H3,(H3,28,30,31,33)/t15-,16+,17+,18+,20?,23+,26+,38+/m0/s1. The van der Waals surface area contributed by atoms with Gasteiger partial charge in [0, 0.05) is 4.75 Å². The lowest BCUT2D eigenvalue weighted by Gasteiger charge is -2.39. The molecule has 4 heterocycles. The van der Waals surface area contributed by atoms with Gasteiger partial charge in [0.2, 0.25) is 11.6 Å². The van der Waals surface area contributed by atoms with Crippen LogP contribution in [-0.2, 0) is 30.0 Å². The van der Waals surface area contributed by atoms with Crippen LogP contribution < -0.4 is 11.3 Å². The van der Waals surface area contributed by atoms with E-state index < -0.39 is 44.2 Å². The summed E-state index contributed by atoms with van der Waals surface area (Å²) >= 11 is 7.59. The summed E-state index contributed by atoms with van der Waals surface area (Å²) in [5.41, 5.74) is 3.89. The second-order valence-corrected chi connectivity index (χ2v) is 24.5. The van der Waals surface area contributed by atoms with Gasteiger partial charge in [0.05, 0.1) is 19.0 Å². The van der Waals surface area contributed by atoms with Crippen LogP contribution in [0.15, 0.2) is 23.3 Å². The van der Waals surface area contributed by atoms with Gasteiger partial charge in [-0.1, -0.05) is 44.3 Å². The van der Waals surface area contributed by atoms with E-state index in [1.54, 1.807) is 11.4 Å². The minimum atomic E-state index is -2.73. The van der Waals surface area contributed by atoms with Gasteiger partial charge >= 0.3 is 0 Å². The summed E-state index contributed by atoms with van der Waals surface area (Å²) in [5.74, 6) is 0.312. The SMILES string of the molecule is C=C(C)[C@H]1CC[C@@]2(C)S[P@](=S)(OC[C@H]3O[C@@H](n4cnc5c(=O)[nH]c(N)nc54)[C@H](F)C3O[Si](C)(C)C(C)(C)C)O[C@@H]2C1. The highest BCUT2D eigenvalue weighted by Crippen LogP contribution is 2.75. The van der Waals surface area contributed by atoms with Crippen molar-refractivity contribution in [3.05, 3.63) is 28.8 Å². The van der Waals surface area contributed by atoms with Gasteiger partial charge in [0.1, 0.15) is 12.2 Å². The first kappa shape index (κ1) is 31.3. The molecule has 3 fully saturated rings. The highest BCUT2D eigenvalue weighted by atomic mass is 32.9. The number of imidazole rings is 1. The molecule has 0 aromatic carbocycles. The maximum Gasteiger partial charge on any atom is 0.280 e. The van der Waals surface area contributed by atoms with E-state index in [9.17, 15) is 4.79 Å². The Morgan fingerprint density at radius 2 is 2.17 bits per heavy atom. The zero-order chi connectivity index (χ0) is 30.1. The van der Waals surface area contributed by atoms with Gasteiger partial charge < -0.3 is 23.9 Å². The topological polar surface area (TPSA) is 127 Å². The molecule has 0 spiro atoms. The number of nitrogens with zero attached hydrogens (tertiary/aromatic N) is 3. The average Bonchev–Trinajstić information content (AvgIpc) is 3.48. The van der Waals surface area contributed by atoms with Crippen molar-refractivity contribution in [3.8, 4) is 0 Å². The summed E-state index contributed by atoms with van der Waals surface area (Å²) in [6, 6.07) is 0. The Hall–Kier alpha value is -1.12. The van der Waals surface area contributed by atoms with Crippen LogP contribution in [0, 0.1) is 5.92 Å². The lowest BCUT2D eigenvalue weighted by Crippen LogP contribution is -2.49. The number of nitrogens with one attached hydrogen (secondary N) is 1. The summed E-state index contributed by atoms with van der Waals surface area (Å²) in [6.07, 6.45) is -0.237. The molecule has 228 valence electrons. The molecule has 1 unspecified atom stereocenters. The summed E-state index contributed by atoms with van der Waals surface area (Å²) in [7, 11) is -2.43. The molecule has 8 atom stereocenters. The second kappa shape index (κ2) is 10.8. The molecule has 2 saturated heterocycles. The third kappa shape index (κ3) is 5.87. The van der Waals surface area contributed by atoms with Crippen LogP contribution >= 0.6 is 17.1 Å². The number of rotatable bonds is 7. The zero-order valence-corrected chi connectivity index (χ0v) is 28.2. The number of H-pyrrole nitrogens is 1. The third-order valence-electron chi connectivity index (χ3n) is 9.07. The van der Waals surface area contributed by atoms with Gasteiger partial charge in [-0.15, -0.1) is 0 Å². The Morgan fingerprint density at radius 1 is 1.46 bits per heavy atom. The number of alkyl halides is 1. The molecular weight excluding hydrogens is 605 g/mol. The number of hydrogen-bond acceptors (Lipinski definition) is 10. The van der Waals surface area contributed by atoms with Gasteiger partial charge in [0.15, 0.2) is 31.9 Å². The number of nitrogens with two attached hydrogens (primary N) is 1. The Labute approximate surface area is 250 Å². The monoisotopic (exact) mass is 645 g/mol. The van der Waals surface area contributed by atoms with Crippen LogP contribution in [0.4, 0.5) is 10.3 Å². The Balaban J connectivity index is 1.40. The van der Waals surface area contributed by atoms with Crippen LogP contribution in [0.5, 0.6) is 0 Å². The molecule has 0 amide bonds. The number of fused-ring (bicyclic) bond motifs is 2. The molecule has 0 bridgehead atoms. The minimum Gasteiger partial charge on any atom is -0.408 e. The quantitative estimate of drug-likeness (QED) is 0.216. The van der Waals surface area contributed by atoms with E-state index in [-0.39, 0.29) is 39.6 Å². The first-order valence-corrected chi connectivity index (χ1v) is 20.9. The third-order valence-corrected chi connectivity index (χ3v) is 19.4. The zero-order valence-electron chi connectivity index (χ0n) is 24.7. The van der Waals surface area contributed by atoms with Crippen LogP contribution in [0.3, 0.4) is 0 Å². The number of ether oxygens (including phenoxy) is 1. The average molecular weight is 646 g/mol. The predicted octanol–water partition coefficient (Wildman–Crippen LogP) is 5.84. The van der Waals surface area contributed by atoms with Crippen LogP contribution in [0.2, 0.25) is 18.1 Å². The van der Waals surface area contributed by atoms with E-state index in [1.807, 2.05) is 0 Å². The van der Waals surface area contributed by atoms with E-state index in [4.69, 9.17) is 35.8 Å². The summed E-state index contributed by atoms with van der Waals surface area (Å²) in [5, 5.41) is -0.165. The smallest absolute Gasteiger partial charge is 0.280 e. The normalized spacial score (nSPS) is 36.1. The lowest BCUT2D eigenvalue weighted by molar-refractivity contribution is -0.0405. The van der Waals surface area contributed by atoms with Gasteiger partial charge in [-0.05, 0) is 69.0 Å². The van der Waals surface area contributed by atoms with E-state index >= 15 is 4.39 Å². The highest BCUT2D eigenvalue weighted by molar-refractivity contribution is 8.68. The second-order valence-electron chi connectivity index (χ2n) is 13.2. The summed E-state index contributed by atoms with van der Waals surface area (Å²) < 4.78 is 43.4. The summed E-state index contributed by atoms with van der Waals surface area (Å²) in [6.45, 7) is 18.9. The van der Waals surface area contributed by atoms with E-state index in [2.05, 4.69) is 69.2 Å². The van der Waals surface area contributed by atoms with Crippen molar-refractivity contribution >= 4 is 54.3 Å². The number of anilines is 1. The fraction of sp³-hybridized carbons (Fsp3) is 0.731. The molecule has 0 radical (unpaired) electrons. The molecule has 1 aliphatic carbocycles. The molecule has 15 heteroatoms. The van der Waals surface area contributed by atoms with Gasteiger partial charge in [0.25, 0.3) is 5.56 Å². The number of aromatic amines is 1. The number of hydrogen-bond donors (Lipinski definition) is 2. The fourth-order valence-corrected chi connectivity index (χ4v) is 13.9. The van der Waals surface area contributed by atoms with Gasteiger partial charge in [-0.25, -0.2) is 9.37 Å². The molecule has 2 aliphatic heterocycles. The first-order chi connectivity index (χ1) is 18.9. The molecule has 3 N–H and O–H groups in total. The summed E-state index contributed by atoms with van der Waals surface area (Å²) in [4.78, 5) is 23.1. The Kier molecular flexibility index (Phi) is 8.24. The molecule has 2 aromatic heterocycles. The number of halogens is 1. The first-order valence-electron chi connectivity index (χ1n) is 13.9. The largest absolute Gasteiger partial charge is 0.408 e. The van der Waals surface area contributed by atoms with Crippen molar-refractivity contribution in [2.75, 3.05) is 12.3 Å². The van der Waals surface area contributed by atoms with Crippen molar-refractivity contribution in [1.29, 1.82) is 0 Å². The van der Waals surface area contributed by atoms with Gasteiger partial charge in [-0.2, -0.15) is 4.98 Å². The fourth-order valence-electron chi connectivity index (χ4n) is 5.45. The molecule has 1 saturated carbocycles. The predicted molar refractivity (Wildman–Crippen MR) is 167 cm³/mol. The van der Waals surface area contributed by atoms with Crippen molar-refractivity contribution in [2.45, 2.75) is 107 Å². The molecule has 2 aromatic rings. The van der Waals surface area contributed by atoms with Crippen molar-refractivity contribution in [1.82, 2.24) is 19.5 Å². The number of allylic oxidation sites excluding steroid dienone is 1.